The molecule has 1 rings (SSSR count). The van der Waals surface area contributed by atoms with E-state index in [0.717, 1.165) is 5.75 Å². The molecule has 0 unspecified atom stereocenters. The summed E-state index contributed by atoms with van der Waals surface area (Å²) in [4.78, 5) is 11.0. The molecule has 0 atom stereocenters. The highest BCUT2D eigenvalue weighted by Gasteiger charge is 2.02. The van der Waals surface area contributed by atoms with Gasteiger partial charge in [-0.05, 0) is 26.0 Å². The number of alkyl halides is 1. The molecule has 1 amide bonds. The first-order chi connectivity index (χ1) is 7.11. The zero-order valence-electron chi connectivity index (χ0n) is 8.79. The monoisotopic (exact) mass is 227 g/mol. The second-order valence-corrected chi connectivity index (χ2v) is 3.64. The van der Waals surface area contributed by atoms with Crippen molar-refractivity contribution in [2.45, 2.75) is 20.0 Å². The molecule has 0 bridgehead atoms. The molecule has 0 spiro atoms. The molecule has 0 radical (unpaired) electrons. The van der Waals surface area contributed by atoms with Gasteiger partial charge < -0.3 is 10.1 Å². The molecule has 0 heterocycles. The number of amides is 1. The first kappa shape index (κ1) is 11.9. The Kier molecular flexibility index (Phi) is 4.43. The third-order valence-electron chi connectivity index (χ3n) is 1.61. The number of hydrogen-bond donors (Lipinski definition) is 1. The molecule has 1 N–H and O–H groups in total. The fourth-order valence-electron chi connectivity index (χ4n) is 1.11. The van der Waals surface area contributed by atoms with Crippen molar-refractivity contribution in [2.75, 3.05) is 11.2 Å². The summed E-state index contributed by atoms with van der Waals surface area (Å²) in [6.45, 7) is 3.90. The number of anilines is 1. The number of rotatable bonds is 4. The summed E-state index contributed by atoms with van der Waals surface area (Å²) in [5.74, 6) is 0.464. The first-order valence-electron chi connectivity index (χ1n) is 4.74. The molecule has 0 saturated heterocycles. The summed E-state index contributed by atoms with van der Waals surface area (Å²) in [7, 11) is 0. The number of nitrogens with one attached hydrogen (secondary N) is 1. The third-order valence-corrected chi connectivity index (χ3v) is 1.85. The summed E-state index contributed by atoms with van der Waals surface area (Å²) in [6.07, 6.45) is 0.115. The molecule has 0 fully saturated rings. The summed E-state index contributed by atoms with van der Waals surface area (Å²) < 4.78 is 5.49. The lowest BCUT2D eigenvalue weighted by Gasteiger charge is -2.11. The van der Waals surface area contributed by atoms with Crippen LogP contribution >= 0.6 is 11.6 Å². The van der Waals surface area contributed by atoms with Crippen molar-refractivity contribution in [3.05, 3.63) is 24.3 Å². The van der Waals surface area contributed by atoms with Crippen molar-refractivity contribution in [3.63, 3.8) is 0 Å². The summed E-state index contributed by atoms with van der Waals surface area (Å²) in [5, 5.41) is 2.65. The molecule has 1 aromatic carbocycles. The molecule has 0 saturated carbocycles. The molecule has 0 aliphatic carbocycles. The topological polar surface area (TPSA) is 38.3 Å². The normalized spacial score (nSPS) is 10.1. The smallest absolute Gasteiger partial charge is 0.239 e. The van der Waals surface area contributed by atoms with Crippen LogP contribution in [0.1, 0.15) is 13.8 Å². The van der Waals surface area contributed by atoms with Gasteiger partial charge in [-0.1, -0.05) is 6.07 Å². The van der Waals surface area contributed by atoms with Gasteiger partial charge in [-0.25, -0.2) is 0 Å². The predicted octanol–water partition coefficient (Wildman–Crippen LogP) is 2.65. The Hall–Kier alpha value is -1.22. The van der Waals surface area contributed by atoms with Crippen LogP contribution < -0.4 is 10.1 Å². The molecule has 15 heavy (non-hydrogen) atoms. The van der Waals surface area contributed by atoms with Crippen LogP contribution in [0.3, 0.4) is 0 Å². The van der Waals surface area contributed by atoms with Crippen molar-refractivity contribution in [1.82, 2.24) is 0 Å². The molecule has 1 aromatic rings. The van der Waals surface area contributed by atoms with E-state index in [0.29, 0.717) is 5.69 Å². The fourth-order valence-corrected chi connectivity index (χ4v) is 1.18. The summed E-state index contributed by atoms with van der Waals surface area (Å²) >= 11 is 5.38. The Labute approximate surface area is 94.4 Å². The van der Waals surface area contributed by atoms with Crippen LogP contribution in [0.15, 0.2) is 24.3 Å². The van der Waals surface area contributed by atoms with Gasteiger partial charge in [0.25, 0.3) is 0 Å². The molecule has 3 nitrogen and oxygen atoms in total. The molecule has 0 aromatic heterocycles. The number of ether oxygens (including phenoxy) is 1. The maximum atomic E-state index is 11.0. The third kappa shape index (κ3) is 4.21. The molecule has 4 heteroatoms. The molecular weight excluding hydrogens is 214 g/mol. The van der Waals surface area contributed by atoms with E-state index in [-0.39, 0.29) is 17.9 Å². The minimum atomic E-state index is -0.224. The zero-order valence-corrected chi connectivity index (χ0v) is 9.54. The predicted molar refractivity (Wildman–Crippen MR) is 61.6 cm³/mol. The van der Waals surface area contributed by atoms with Gasteiger partial charge in [0, 0.05) is 11.8 Å². The Morgan fingerprint density at radius 3 is 2.87 bits per heavy atom. The minimum Gasteiger partial charge on any atom is -0.491 e. The lowest BCUT2D eigenvalue weighted by molar-refractivity contribution is -0.113. The van der Waals surface area contributed by atoms with Crippen molar-refractivity contribution in [3.8, 4) is 5.75 Å². The van der Waals surface area contributed by atoms with Crippen LogP contribution in [0.25, 0.3) is 0 Å². The number of benzene rings is 1. The van der Waals surface area contributed by atoms with Gasteiger partial charge >= 0.3 is 0 Å². The fraction of sp³-hybridized carbons (Fsp3) is 0.364. The molecule has 0 aliphatic rings. The maximum absolute atomic E-state index is 11.0. The van der Waals surface area contributed by atoms with Crippen LogP contribution in [0.2, 0.25) is 0 Å². The molecule has 0 aliphatic heterocycles. The average molecular weight is 228 g/mol. The standard InChI is InChI=1S/C11H14ClNO2/c1-8(2)15-10-5-3-4-9(6-10)13-11(14)7-12/h3-6,8H,7H2,1-2H3,(H,13,14). The Morgan fingerprint density at radius 2 is 2.27 bits per heavy atom. The second kappa shape index (κ2) is 5.61. The van der Waals surface area contributed by atoms with Crippen molar-refractivity contribution < 1.29 is 9.53 Å². The lowest BCUT2D eigenvalue weighted by atomic mass is 10.3. The van der Waals surface area contributed by atoms with Gasteiger partial charge in [-0.2, -0.15) is 0 Å². The second-order valence-electron chi connectivity index (χ2n) is 3.38. The van der Waals surface area contributed by atoms with Crippen LogP contribution in [0.4, 0.5) is 5.69 Å². The zero-order chi connectivity index (χ0) is 11.3. The quantitative estimate of drug-likeness (QED) is 0.804. The molecular formula is C11H14ClNO2. The van der Waals surface area contributed by atoms with Gasteiger partial charge in [0.05, 0.1) is 6.10 Å². The van der Waals surface area contributed by atoms with Gasteiger partial charge in [0.15, 0.2) is 0 Å². The number of hydrogen-bond acceptors (Lipinski definition) is 2. The van der Waals surface area contributed by atoms with Crippen LogP contribution in [-0.2, 0) is 4.79 Å². The average Bonchev–Trinajstić information content (AvgIpc) is 2.17. The lowest BCUT2D eigenvalue weighted by Crippen LogP contribution is -2.12. The Morgan fingerprint density at radius 1 is 1.53 bits per heavy atom. The van der Waals surface area contributed by atoms with E-state index in [1.807, 2.05) is 26.0 Å². The van der Waals surface area contributed by atoms with Gasteiger partial charge in [-0.3, -0.25) is 4.79 Å². The highest BCUT2D eigenvalue weighted by Crippen LogP contribution is 2.18. The van der Waals surface area contributed by atoms with E-state index >= 15 is 0 Å². The van der Waals surface area contributed by atoms with Crippen molar-refractivity contribution in [2.24, 2.45) is 0 Å². The Bertz CT molecular complexity index is 339. The SMILES string of the molecule is CC(C)Oc1cccc(NC(=O)CCl)c1. The van der Waals surface area contributed by atoms with E-state index in [1.165, 1.54) is 0 Å². The largest absolute Gasteiger partial charge is 0.491 e. The van der Waals surface area contributed by atoms with Crippen molar-refractivity contribution >= 4 is 23.2 Å². The minimum absolute atomic E-state index is 0.0464. The van der Waals surface area contributed by atoms with E-state index in [1.54, 1.807) is 12.1 Å². The number of halogens is 1. The highest BCUT2D eigenvalue weighted by atomic mass is 35.5. The van der Waals surface area contributed by atoms with E-state index in [9.17, 15) is 4.79 Å². The molecule has 82 valence electrons. The van der Waals surface area contributed by atoms with E-state index in [4.69, 9.17) is 16.3 Å². The summed E-state index contributed by atoms with van der Waals surface area (Å²) in [5.41, 5.74) is 0.693. The Balaban J connectivity index is 2.69. The van der Waals surface area contributed by atoms with E-state index in [2.05, 4.69) is 5.32 Å². The van der Waals surface area contributed by atoms with Gasteiger partial charge in [-0.15, -0.1) is 11.6 Å². The van der Waals surface area contributed by atoms with Gasteiger partial charge in [0.1, 0.15) is 11.6 Å². The first-order valence-corrected chi connectivity index (χ1v) is 5.28. The maximum Gasteiger partial charge on any atom is 0.239 e. The van der Waals surface area contributed by atoms with Crippen LogP contribution in [0.5, 0.6) is 5.75 Å². The summed E-state index contributed by atoms with van der Waals surface area (Å²) in [6, 6.07) is 7.22. The number of carbonyl (C=O) groups excluding carboxylic acids is 1. The van der Waals surface area contributed by atoms with Crippen molar-refractivity contribution in [1.29, 1.82) is 0 Å². The number of carbonyl (C=O) groups is 1. The van der Waals surface area contributed by atoms with Gasteiger partial charge in [0.2, 0.25) is 5.91 Å². The van der Waals surface area contributed by atoms with Crippen LogP contribution in [-0.4, -0.2) is 17.9 Å². The highest BCUT2D eigenvalue weighted by molar-refractivity contribution is 6.29. The van der Waals surface area contributed by atoms with E-state index < -0.39 is 0 Å². The van der Waals surface area contributed by atoms with Crippen LogP contribution in [0, 0.1) is 0 Å².